The molecule has 0 radical (unpaired) electrons. The SMILES string of the molecule is CN(CCN1CCCCC1)S(=O)(=O)c1ccccc1. The normalized spacial score (nSPS) is 17.8. The van der Waals surface area contributed by atoms with Crippen LogP contribution in [0.3, 0.4) is 0 Å². The summed E-state index contributed by atoms with van der Waals surface area (Å²) in [7, 11) is -1.67. The van der Waals surface area contributed by atoms with Crippen LogP contribution in [0.4, 0.5) is 0 Å². The Labute approximate surface area is 116 Å². The molecule has 1 aliphatic rings. The number of piperidine rings is 1. The van der Waals surface area contributed by atoms with Crippen LogP contribution in [0.5, 0.6) is 0 Å². The van der Waals surface area contributed by atoms with E-state index < -0.39 is 10.0 Å². The Kier molecular flexibility index (Phi) is 4.96. The fraction of sp³-hybridized carbons (Fsp3) is 0.571. The maximum Gasteiger partial charge on any atom is 0.242 e. The van der Waals surface area contributed by atoms with E-state index in [1.807, 2.05) is 6.07 Å². The van der Waals surface area contributed by atoms with Crippen LogP contribution in [0.15, 0.2) is 35.2 Å². The van der Waals surface area contributed by atoms with Crippen LogP contribution in [-0.2, 0) is 10.0 Å². The Morgan fingerprint density at radius 3 is 2.37 bits per heavy atom. The molecule has 0 atom stereocenters. The quantitative estimate of drug-likeness (QED) is 0.827. The van der Waals surface area contributed by atoms with Crippen molar-refractivity contribution in [3.05, 3.63) is 30.3 Å². The van der Waals surface area contributed by atoms with Crippen LogP contribution < -0.4 is 0 Å². The number of nitrogens with zero attached hydrogens (tertiary/aromatic N) is 2. The fourth-order valence-corrected chi connectivity index (χ4v) is 3.54. The van der Waals surface area contributed by atoms with Gasteiger partial charge in [0.2, 0.25) is 10.0 Å². The van der Waals surface area contributed by atoms with Gasteiger partial charge in [0.1, 0.15) is 0 Å². The zero-order valence-electron chi connectivity index (χ0n) is 11.5. The lowest BCUT2D eigenvalue weighted by atomic mass is 10.1. The highest BCUT2D eigenvalue weighted by molar-refractivity contribution is 7.89. The Morgan fingerprint density at radius 1 is 1.11 bits per heavy atom. The van der Waals surface area contributed by atoms with Crippen molar-refractivity contribution in [2.24, 2.45) is 0 Å². The van der Waals surface area contributed by atoms with E-state index in [1.54, 1.807) is 31.3 Å². The molecule has 0 unspecified atom stereocenters. The first-order chi connectivity index (χ1) is 9.10. The Morgan fingerprint density at radius 2 is 1.74 bits per heavy atom. The van der Waals surface area contributed by atoms with Gasteiger partial charge in [-0.15, -0.1) is 0 Å². The summed E-state index contributed by atoms with van der Waals surface area (Å²) in [6, 6.07) is 8.63. The molecule has 1 saturated heterocycles. The van der Waals surface area contributed by atoms with Crippen molar-refractivity contribution in [1.29, 1.82) is 0 Å². The Hall–Kier alpha value is -0.910. The van der Waals surface area contributed by atoms with Gasteiger partial charge in [0, 0.05) is 20.1 Å². The third kappa shape index (κ3) is 3.78. The molecule has 4 nitrogen and oxygen atoms in total. The number of rotatable bonds is 5. The molecular weight excluding hydrogens is 260 g/mol. The van der Waals surface area contributed by atoms with Crippen LogP contribution in [0.25, 0.3) is 0 Å². The molecule has 0 bridgehead atoms. The van der Waals surface area contributed by atoms with Crippen LogP contribution in [0.1, 0.15) is 19.3 Å². The van der Waals surface area contributed by atoms with Crippen molar-refractivity contribution in [3.63, 3.8) is 0 Å². The second-order valence-corrected chi connectivity index (χ2v) is 7.09. The number of sulfonamides is 1. The summed E-state index contributed by atoms with van der Waals surface area (Å²) in [5.41, 5.74) is 0. The minimum Gasteiger partial charge on any atom is -0.302 e. The van der Waals surface area contributed by atoms with Gasteiger partial charge in [-0.2, -0.15) is 4.31 Å². The summed E-state index contributed by atoms with van der Waals surface area (Å²) in [6.07, 6.45) is 3.76. The lowest BCUT2D eigenvalue weighted by Gasteiger charge is -2.28. The molecule has 1 heterocycles. The van der Waals surface area contributed by atoms with Crippen LogP contribution >= 0.6 is 0 Å². The van der Waals surface area contributed by atoms with E-state index in [9.17, 15) is 8.42 Å². The monoisotopic (exact) mass is 282 g/mol. The van der Waals surface area contributed by atoms with Gasteiger partial charge in [-0.25, -0.2) is 8.42 Å². The van der Waals surface area contributed by atoms with Gasteiger partial charge >= 0.3 is 0 Å². The molecule has 1 aromatic rings. The van der Waals surface area contributed by atoms with E-state index in [4.69, 9.17) is 0 Å². The van der Waals surface area contributed by atoms with Gasteiger partial charge in [-0.3, -0.25) is 0 Å². The van der Waals surface area contributed by atoms with Gasteiger partial charge in [-0.1, -0.05) is 24.6 Å². The van der Waals surface area contributed by atoms with E-state index in [0.29, 0.717) is 11.4 Å². The predicted molar refractivity (Wildman–Crippen MR) is 76.5 cm³/mol. The van der Waals surface area contributed by atoms with Crippen LogP contribution in [-0.4, -0.2) is 50.8 Å². The third-order valence-electron chi connectivity index (χ3n) is 3.63. The first kappa shape index (κ1) is 14.5. The predicted octanol–water partition coefficient (Wildman–Crippen LogP) is 1.79. The van der Waals surface area contributed by atoms with Crippen molar-refractivity contribution in [3.8, 4) is 0 Å². The van der Waals surface area contributed by atoms with E-state index >= 15 is 0 Å². The molecule has 1 aliphatic heterocycles. The Balaban J connectivity index is 1.93. The molecular formula is C14H22N2O2S. The largest absolute Gasteiger partial charge is 0.302 e. The minimum atomic E-state index is -3.33. The summed E-state index contributed by atoms with van der Waals surface area (Å²) in [5, 5.41) is 0. The number of hydrogen-bond donors (Lipinski definition) is 0. The second kappa shape index (κ2) is 6.50. The molecule has 0 amide bonds. The van der Waals surface area contributed by atoms with E-state index in [2.05, 4.69) is 4.90 Å². The molecule has 0 spiro atoms. The minimum absolute atomic E-state index is 0.371. The molecule has 19 heavy (non-hydrogen) atoms. The number of hydrogen-bond acceptors (Lipinski definition) is 3. The summed E-state index contributed by atoms with van der Waals surface area (Å²) in [5.74, 6) is 0. The third-order valence-corrected chi connectivity index (χ3v) is 5.50. The first-order valence-electron chi connectivity index (χ1n) is 6.84. The highest BCUT2D eigenvalue weighted by atomic mass is 32.2. The second-order valence-electron chi connectivity index (χ2n) is 5.04. The molecule has 0 N–H and O–H groups in total. The summed E-state index contributed by atoms with van der Waals surface area (Å²) in [4.78, 5) is 2.72. The first-order valence-corrected chi connectivity index (χ1v) is 8.28. The standard InChI is InChI=1S/C14H22N2O2S/c1-15(12-13-16-10-6-3-7-11-16)19(17,18)14-8-4-2-5-9-14/h2,4-5,8-9H,3,6-7,10-13H2,1H3. The average Bonchev–Trinajstić information content (AvgIpc) is 2.46. The van der Waals surface area contributed by atoms with Crippen molar-refractivity contribution in [2.45, 2.75) is 24.2 Å². The van der Waals surface area contributed by atoms with Gasteiger partial charge in [0.05, 0.1) is 4.90 Å². The van der Waals surface area contributed by atoms with Crippen LogP contribution in [0.2, 0.25) is 0 Å². The van der Waals surface area contributed by atoms with Crippen molar-refractivity contribution in [2.75, 3.05) is 33.2 Å². The average molecular weight is 282 g/mol. The van der Waals surface area contributed by atoms with E-state index in [-0.39, 0.29) is 0 Å². The number of likely N-dealkylation sites (tertiary alicyclic amines) is 1. The number of benzene rings is 1. The van der Waals surface area contributed by atoms with Crippen LogP contribution in [0, 0.1) is 0 Å². The molecule has 1 aromatic carbocycles. The molecule has 106 valence electrons. The summed E-state index contributed by atoms with van der Waals surface area (Å²) in [6.45, 7) is 3.57. The van der Waals surface area contributed by atoms with Crippen molar-refractivity contribution in [1.82, 2.24) is 9.21 Å². The summed E-state index contributed by atoms with van der Waals surface area (Å²) >= 11 is 0. The van der Waals surface area contributed by atoms with Crippen molar-refractivity contribution >= 4 is 10.0 Å². The maximum atomic E-state index is 12.3. The molecule has 0 aromatic heterocycles. The lowest BCUT2D eigenvalue weighted by Crippen LogP contribution is -2.38. The zero-order chi connectivity index (χ0) is 13.7. The van der Waals surface area contributed by atoms with Gasteiger partial charge in [0.15, 0.2) is 0 Å². The van der Waals surface area contributed by atoms with E-state index in [0.717, 1.165) is 19.6 Å². The topological polar surface area (TPSA) is 40.6 Å². The highest BCUT2D eigenvalue weighted by Crippen LogP contribution is 2.14. The summed E-state index contributed by atoms with van der Waals surface area (Å²) < 4.78 is 26.1. The molecule has 0 saturated carbocycles. The molecule has 1 fully saturated rings. The van der Waals surface area contributed by atoms with E-state index in [1.165, 1.54) is 23.6 Å². The smallest absolute Gasteiger partial charge is 0.242 e. The van der Waals surface area contributed by atoms with Crippen molar-refractivity contribution < 1.29 is 8.42 Å². The fourth-order valence-electron chi connectivity index (χ4n) is 2.36. The molecule has 2 rings (SSSR count). The maximum absolute atomic E-state index is 12.3. The molecule has 5 heteroatoms. The number of likely N-dealkylation sites (N-methyl/N-ethyl adjacent to an activating group) is 1. The Bertz CT molecular complexity index is 481. The van der Waals surface area contributed by atoms with Gasteiger partial charge in [0.25, 0.3) is 0 Å². The zero-order valence-corrected chi connectivity index (χ0v) is 12.3. The molecule has 0 aliphatic carbocycles. The lowest BCUT2D eigenvalue weighted by molar-refractivity contribution is 0.218. The van der Waals surface area contributed by atoms with Gasteiger partial charge < -0.3 is 4.90 Å². The highest BCUT2D eigenvalue weighted by Gasteiger charge is 2.21. The van der Waals surface area contributed by atoms with Gasteiger partial charge in [-0.05, 0) is 38.1 Å².